The Morgan fingerprint density at radius 2 is 1.90 bits per heavy atom. The van der Waals surface area contributed by atoms with Gasteiger partial charge in [-0.1, -0.05) is 23.7 Å². The lowest BCUT2D eigenvalue weighted by Crippen LogP contribution is -2.47. The Morgan fingerprint density at radius 3 is 2.69 bits per heavy atom. The molecule has 2 fully saturated rings. The summed E-state index contributed by atoms with van der Waals surface area (Å²) in [6, 6.07) is 10.5. The molecule has 0 spiro atoms. The normalized spacial score (nSPS) is 26.1. The van der Waals surface area contributed by atoms with Crippen molar-refractivity contribution in [2.24, 2.45) is 11.8 Å². The molecule has 6 rings (SSSR count). The maximum atomic E-state index is 13.6. The van der Waals surface area contributed by atoms with Gasteiger partial charge in [0.15, 0.2) is 0 Å². The third-order valence-corrected chi connectivity index (χ3v) is 11.9. The minimum Gasteiger partial charge on any atom is -0.487 e. The van der Waals surface area contributed by atoms with Crippen molar-refractivity contribution in [2.45, 2.75) is 69.2 Å². The highest BCUT2D eigenvalue weighted by atomic mass is 35.5. The first-order valence-corrected chi connectivity index (χ1v) is 19.8. The molecule has 12 nitrogen and oxygen atoms in total. The monoisotopic (exact) mass is 744 g/mol. The highest BCUT2D eigenvalue weighted by Gasteiger charge is 2.40. The molecule has 2 bridgehead atoms. The Balaban J connectivity index is 1.28. The van der Waals surface area contributed by atoms with Crippen LogP contribution in [0.25, 0.3) is 0 Å². The zero-order chi connectivity index (χ0) is 36.0. The summed E-state index contributed by atoms with van der Waals surface area (Å²) in [6.45, 7) is 8.81. The number of ether oxygens (including phenoxy) is 4. The standard InChI is InChI=1S/C37H49ClN4O8S/c1-37(2)35(43)40-51(45,46)30-11-13-34-32(23-30)42(15-4-3-6-26-22-29(38)10-8-28(26)25-48-34)24-27-9-12-31(27)33(7-5-19-49-37)50-36(44)39-14-16-41-17-20-47-21-18-41/h5,7-8,10-11,13,22-23,27,31,33H,3-4,6,9,12,14-21,24-25H2,1-2H3,(H,39,44)(H,40,43)/b7-5+/t27-,31+,33-/m0/s1. The van der Waals surface area contributed by atoms with Gasteiger partial charge in [0.2, 0.25) is 0 Å². The van der Waals surface area contributed by atoms with Gasteiger partial charge in [0.05, 0.1) is 30.4 Å². The van der Waals surface area contributed by atoms with E-state index in [0.29, 0.717) is 55.9 Å². The van der Waals surface area contributed by atoms with Gasteiger partial charge in [-0.25, -0.2) is 17.9 Å². The van der Waals surface area contributed by atoms with Gasteiger partial charge in [0.1, 0.15) is 24.1 Å². The number of sulfonamides is 1. The second-order valence-electron chi connectivity index (χ2n) is 14.2. The van der Waals surface area contributed by atoms with Crippen molar-refractivity contribution >= 4 is 39.3 Å². The van der Waals surface area contributed by atoms with Gasteiger partial charge in [-0.3, -0.25) is 9.69 Å². The van der Waals surface area contributed by atoms with Crippen LogP contribution >= 0.6 is 11.6 Å². The second kappa shape index (κ2) is 16.5. The molecule has 14 heteroatoms. The first-order valence-electron chi connectivity index (χ1n) is 17.9. The summed E-state index contributed by atoms with van der Waals surface area (Å²) >= 11 is 6.35. The minimum absolute atomic E-state index is 0.0201. The Bertz CT molecular complexity index is 1700. The summed E-state index contributed by atoms with van der Waals surface area (Å²) in [7, 11) is -4.24. The summed E-state index contributed by atoms with van der Waals surface area (Å²) in [5, 5.41) is 3.59. The number of morpholine rings is 1. The van der Waals surface area contributed by atoms with Crippen LogP contribution < -0.4 is 19.7 Å². The fourth-order valence-corrected chi connectivity index (χ4v) is 8.33. The number of benzene rings is 2. The lowest BCUT2D eigenvalue weighted by atomic mass is 9.70. The number of aryl methyl sites for hydroxylation is 1. The topological polar surface area (TPSA) is 136 Å². The van der Waals surface area contributed by atoms with Gasteiger partial charge in [-0.15, -0.1) is 0 Å². The summed E-state index contributed by atoms with van der Waals surface area (Å²) in [4.78, 5) is 30.7. The number of nitrogens with zero attached hydrogens (tertiary/aromatic N) is 2. The van der Waals surface area contributed by atoms with E-state index in [2.05, 4.69) is 19.8 Å². The van der Waals surface area contributed by atoms with Crippen LogP contribution in [-0.2, 0) is 42.1 Å². The average Bonchev–Trinajstić information content (AvgIpc) is 3.11. The molecule has 278 valence electrons. The maximum absolute atomic E-state index is 13.6. The first-order chi connectivity index (χ1) is 24.5. The van der Waals surface area contributed by atoms with Crippen molar-refractivity contribution < 1.29 is 37.0 Å². The molecule has 0 aromatic heterocycles. The van der Waals surface area contributed by atoms with Crippen LogP contribution in [0, 0.1) is 11.8 Å². The molecule has 1 saturated heterocycles. The number of carbonyl (C=O) groups is 2. The van der Waals surface area contributed by atoms with Crippen molar-refractivity contribution in [1.29, 1.82) is 0 Å². The Kier molecular flexibility index (Phi) is 12.1. The number of halogens is 1. The molecule has 0 radical (unpaired) electrons. The van der Waals surface area contributed by atoms with E-state index in [1.165, 1.54) is 19.9 Å². The molecule has 3 atom stereocenters. The summed E-state index contributed by atoms with van der Waals surface area (Å²) in [6.07, 6.45) is 6.92. The number of nitrogens with one attached hydrogen (secondary N) is 2. The molecule has 1 saturated carbocycles. The maximum Gasteiger partial charge on any atom is 0.407 e. The van der Waals surface area contributed by atoms with Crippen LogP contribution in [0.2, 0.25) is 5.02 Å². The fourth-order valence-electron chi connectivity index (χ4n) is 7.01. The highest BCUT2D eigenvalue weighted by molar-refractivity contribution is 7.90. The predicted molar refractivity (Wildman–Crippen MR) is 194 cm³/mol. The number of fused-ring (bicyclic) bond motifs is 3. The van der Waals surface area contributed by atoms with Gasteiger partial charge in [0, 0.05) is 50.2 Å². The van der Waals surface area contributed by atoms with Gasteiger partial charge in [-0.2, -0.15) is 0 Å². The molecule has 2 amide bonds. The van der Waals surface area contributed by atoms with Crippen molar-refractivity contribution in [3.8, 4) is 5.75 Å². The van der Waals surface area contributed by atoms with Crippen LogP contribution in [0.5, 0.6) is 5.75 Å². The molecule has 4 aliphatic rings. The predicted octanol–water partition coefficient (Wildman–Crippen LogP) is 4.68. The molecular formula is C37H49ClN4O8S. The Hall–Kier alpha value is -3.36. The van der Waals surface area contributed by atoms with Crippen LogP contribution in [0.15, 0.2) is 53.4 Å². The molecular weight excluding hydrogens is 696 g/mol. The highest BCUT2D eigenvalue weighted by Crippen LogP contribution is 2.42. The molecule has 51 heavy (non-hydrogen) atoms. The molecule has 1 aliphatic carbocycles. The number of rotatable bonds is 4. The smallest absolute Gasteiger partial charge is 0.407 e. The van der Waals surface area contributed by atoms with Crippen LogP contribution in [0.3, 0.4) is 0 Å². The van der Waals surface area contributed by atoms with Gasteiger partial charge in [-0.05, 0) is 99.4 Å². The number of amides is 2. The van der Waals surface area contributed by atoms with Crippen molar-refractivity contribution in [2.75, 3.05) is 64.0 Å². The van der Waals surface area contributed by atoms with Crippen molar-refractivity contribution in [1.82, 2.24) is 14.9 Å². The van der Waals surface area contributed by atoms with Crippen LogP contribution in [0.1, 0.15) is 50.7 Å². The number of carbonyl (C=O) groups excluding carboxylic acids is 2. The van der Waals surface area contributed by atoms with E-state index in [-0.39, 0.29) is 29.9 Å². The van der Waals surface area contributed by atoms with Crippen LogP contribution in [0.4, 0.5) is 10.5 Å². The van der Waals surface area contributed by atoms with E-state index in [9.17, 15) is 18.0 Å². The zero-order valence-electron chi connectivity index (χ0n) is 29.4. The molecule has 0 unspecified atom stereocenters. The van der Waals surface area contributed by atoms with Gasteiger partial charge in [0.25, 0.3) is 15.9 Å². The SMILES string of the molecule is CC1(C)OC/C=C/[C@H](OC(=O)NCCN2CCOCC2)[C@@H]2CC[C@H]2CN2CCCCc3cc(Cl)ccc3COc3ccc(cc32)S(=O)(=O)NC1=O. The Labute approximate surface area is 305 Å². The van der Waals surface area contributed by atoms with E-state index < -0.39 is 33.7 Å². The Morgan fingerprint density at radius 1 is 1.08 bits per heavy atom. The van der Waals surface area contributed by atoms with Crippen LogP contribution in [-0.4, -0.2) is 96.1 Å². The third-order valence-electron chi connectivity index (χ3n) is 10.3. The zero-order valence-corrected chi connectivity index (χ0v) is 31.0. The first kappa shape index (κ1) is 37.4. The molecule has 2 aromatic rings. The van der Waals surface area contributed by atoms with Gasteiger partial charge >= 0.3 is 6.09 Å². The average molecular weight is 745 g/mol. The van der Waals surface area contributed by atoms with Crippen molar-refractivity contribution in [3.05, 3.63) is 64.7 Å². The fraction of sp³-hybridized carbons (Fsp3) is 0.568. The molecule has 3 heterocycles. The van der Waals surface area contributed by atoms with E-state index in [4.69, 9.17) is 30.5 Å². The lowest BCUT2D eigenvalue weighted by Gasteiger charge is -2.43. The van der Waals surface area contributed by atoms with E-state index in [1.54, 1.807) is 18.2 Å². The lowest BCUT2D eigenvalue weighted by molar-refractivity contribution is -0.139. The summed E-state index contributed by atoms with van der Waals surface area (Å²) in [5.74, 6) is -0.0817. The minimum atomic E-state index is -4.24. The number of alkyl carbamates (subject to hydrolysis) is 1. The van der Waals surface area contributed by atoms with Crippen molar-refractivity contribution in [3.63, 3.8) is 0 Å². The second-order valence-corrected chi connectivity index (χ2v) is 16.3. The molecule has 2 aromatic carbocycles. The van der Waals surface area contributed by atoms with Gasteiger partial charge < -0.3 is 29.2 Å². The summed E-state index contributed by atoms with van der Waals surface area (Å²) < 4.78 is 53.2. The molecule has 2 N–H and O–H groups in total. The van der Waals surface area contributed by atoms with E-state index in [1.807, 2.05) is 24.3 Å². The molecule has 3 aliphatic heterocycles. The largest absolute Gasteiger partial charge is 0.487 e. The third kappa shape index (κ3) is 9.55. The number of anilines is 1. The summed E-state index contributed by atoms with van der Waals surface area (Å²) in [5.41, 5.74) is 1.31. The number of hydrogen-bond donors (Lipinski definition) is 2. The van der Waals surface area contributed by atoms with E-state index >= 15 is 0 Å². The number of hydrogen-bond acceptors (Lipinski definition) is 10. The van der Waals surface area contributed by atoms with E-state index in [0.717, 1.165) is 56.3 Å². The quantitative estimate of drug-likeness (QED) is 0.425.